The zero-order chi connectivity index (χ0) is 12.8. The third-order valence-corrected chi connectivity index (χ3v) is 2.37. The topological polar surface area (TPSA) is 87.7 Å². The van der Waals surface area contributed by atoms with Crippen LogP contribution in [0.5, 0.6) is 0 Å². The number of H-pyrrole nitrogens is 1. The number of carbonyl (C=O) groups is 1. The van der Waals surface area contributed by atoms with Gasteiger partial charge in [0.05, 0.1) is 6.04 Å². The molecule has 1 atom stereocenters. The molecule has 2 N–H and O–H groups in total. The fourth-order valence-corrected chi connectivity index (χ4v) is 1.43. The summed E-state index contributed by atoms with van der Waals surface area (Å²) in [5.41, 5.74) is -0.0483. The van der Waals surface area contributed by atoms with Gasteiger partial charge in [0.1, 0.15) is 11.5 Å². The maximum absolute atomic E-state index is 11.7. The first-order valence-electron chi connectivity index (χ1n) is 5.83. The number of amides is 1. The van der Waals surface area contributed by atoms with Crippen LogP contribution in [-0.4, -0.2) is 21.1 Å². The van der Waals surface area contributed by atoms with E-state index in [0.29, 0.717) is 18.7 Å². The predicted octanol–water partition coefficient (Wildman–Crippen LogP) is 0.705. The minimum absolute atomic E-state index is 0.0826. The highest BCUT2D eigenvalue weighted by Crippen LogP contribution is 2.03. The number of hydrogen-bond donors (Lipinski definition) is 2. The first kappa shape index (κ1) is 13.3. The van der Waals surface area contributed by atoms with Gasteiger partial charge in [-0.05, 0) is 13.3 Å². The Balaban J connectivity index is 2.79. The molecule has 0 radical (unpaired) electrons. The van der Waals surface area contributed by atoms with E-state index in [0.717, 1.165) is 6.42 Å². The number of nitrogens with one attached hydrogen (secondary N) is 2. The Kier molecular flexibility index (Phi) is 4.81. The van der Waals surface area contributed by atoms with Crippen LogP contribution in [0.4, 0.5) is 0 Å². The van der Waals surface area contributed by atoms with Crippen molar-refractivity contribution in [2.75, 3.05) is 0 Å². The summed E-state index contributed by atoms with van der Waals surface area (Å²) in [5, 5.41) is 10.4. The number of hydrogen-bond acceptors (Lipinski definition) is 4. The van der Waals surface area contributed by atoms with E-state index in [4.69, 9.17) is 0 Å². The van der Waals surface area contributed by atoms with E-state index in [2.05, 4.69) is 20.5 Å². The fourth-order valence-electron chi connectivity index (χ4n) is 1.43. The molecule has 94 valence electrons. The van der Waals surface area contributed by atoms with Crippen LogP contribution in [0.2, 0.25) is 0 Å². The van der Waals surface area contributed by atoms with Crippen LogP contribution < -0.4 is 10.9 Å². The lowest BCUT2D eigenvalue weighted by Crippen LogP contribution is -2.32. The molecule has 0 spiro atoms. The molecule has 0 aromatic carbocycles. The molecule has 0 bridgehead atoms. The van der Waals surface area contributed by atoms with Gasteiger partial charge in [-0.15, -0.1) is 10.2 Å². The molecule has 0 aliphatic carbocycles. The van der Waals surface area contributed by atoms with Gasteiger partial charge in [0.15, 0.2) is 0 Å². The third kappa shape index (κ3) is 3.65. The third-order valence-electron chi connectivity index (χ3n) is 2.37. The van der Waals surface area contributed by atoms with E-state index < -0.39 is 6.04 Å². The lowest BCUT2D eigenvalue weighted by Gasteiger charge is -2.11. The Morgan fingerprint density at radius 2 is 2.12 bits per heavy atom. The molecule has 0 saturated heterocycles. The van der Waals surface area contributed by atoms with Crippen molar-refractivity contribution < 1.29 is 4.79 Å². The van der Waals surface area contributed by atoms with Crippen LogP contribution in [-0.2, 0) is 11.2 Å². The summed E-state index contributed by atoms with van der Waals surface area (Å²) in [6.07, 6.45) is 1.84. The van der Waals surface area contributed by atoms with Crippen LogP contribution in [0, 0.1) is 0 Å². The summed E-state index contributed by atoms with van der Waals surface area (Å²) in [5.74, 6) is 0.464. The van der Waals surface area contributed by atoms with E-state index >= 15 is 0 Å². The first-order chi connectivity index (χ1) is 8.08. The Bertz CT molecular complexity index is 441. The molecule has 1 heterocycles. The standard InChI is InChI=1S/C11H18N4O2/c1-4-6-9(16)12-7(3)10-11(17)13-8(5-2)14-15-10/h7H,4-6H2,1-3H3,(H,12,16)(H,13,14,17). The van der Waals surface area contributed by atoms with E-state index in [1.54, 1.807) is 6.92 Å². The molecular formula is C11H18N4O2. The van der Waals surface area contributed by atoms with Gasteiger partial charge in [0.25, 0.3) is 5.56 Å². The van der Waals surface area contributed by atoms with E-state index in [1.807, 2.05) is 13.8 Å². The van der Waals surface area contributed by atoms with Gasteiger partial charge in [0.2, 0.25) is 5.91 Å². The van der Waals surface area contributed by atoms with Crippen LogP contribution in [0.3, 0.4) is 0 Å². The van der Waals surface area contributed by atoms with Crippen molar-refractivity contribution >= 4 is 5.91 Å². The van der Waals surface area contributed by atoms with Crippen LogP contribution in [0.15, 0.2) is 4.79 Å². The van der Waals surface area contributed by atoms with Crippen LogP contribution in [0.25, 0.3) is 0 Å². The van der Waals surface area contributed by atoms with Crippen molar-refractivity contribution in [3.05, 3.63) is 21.9 Å². The molecule has 1 aromatic heterocycles. The predicted molar refractivity (Wildman–Crippen MR) is 63.5 cm³/mol. The molecule has 1 aromatic rings. The molecular weight excluding hydrogens is 220 g/mol. The van der Waals surface area contributed by atoms with Crippen molar-refractivity contribution in [3.63, 3.8) is 0 Å². The molecule has 0 fully saturated rings. The molecule has 17 heavy (non-hydrogen) atoms. The zero-order valence-corrected chi connectivity index (χ0v) is 10.4. The van der Waals surface area contributed by atoms with Crippen molar-refractivity contribution in [2.24, 2.45) is 0 Å². The Morgan fingerprint density at radius 1 is 1.41 bits per heavy atom. The van der Waals surface area contributed by atoms with E-state index in [-0.39, 0.29) is 17.2 Å². The fraction of sp³-hybridized carbons (Fsp3) is 0.636. The number of nitrogens with zero attached hydrogens (tertiary/aromatic N) is 2. The Morgan fingerprint density at radius 3 is 2.65 bits per heavy atom. The molecule has 1 amide bonds. The van der Waals surface area contributed by atoms with Gasteiger partial charge >= 0.3 is 0 Å². The smallest absolute Gasteiger partial charge is 0.275 e. The summed E-state index contributed by atoms with van der Waals surface area (Å²) >= 11 is 0. The second-order valence-corrected chi connectivity index (χ2v) is 3.88. The van der Waals surface area contributed by atoms with Crippen molar-refractivity contribution in [1.29, 1.82) is 0 Å². The average molecular weight is 238 g/mol. The SMILES string of the molecule is CCCC(=O)NC(C)c1nnc(CC)[nH]c1=O. The van der Waals surface area contributed by atoms with Crippen molar-refractivity contribution in [3.8, 4) is 0 Å². The number of aryl methyl sites for hydroxylation is 1. The zero-order valence-electron chi connectivity index (χ0n) is 10.4. The van der Waals surface area contributed by atoms with Crippen molar-refractivity contribution in [2.45, 2.75) is 46.1 Å². The average Bonchev–Trinajstić information content (AvgIpc) is 2.28. The minimum atomic E-state index is -0.420. The lowest BCUT2D eigenvalue weighted by atomic mass is 10.2. The highest BCUT2D eigenvalue weighted by atomic mass is 16.2. The number of aromatic nitrogens is 3. The molecule has 6 nitrogen and oxygen atoms in total. The second-order valence-electron chi connectivity index (χ2n) is 3.88. The molecule has 1 unspecified atom stereocenters. The van der Waals surface area contributed by atoms with Gasteiger partial charge in [-0.25, -0.2) is 0 Å². The first-order valence-corrected chi connectivity index (χ1v) is 5.83. The maximum atomic E-state index is 11.7. The van der Waals surface area contributed by atoms with Crippen LogP contribution >= 0.6 is 0 Å². The molecule has 0 saturated carbocycles. The summed E-state index contributed by atoms with van der Waals surface area (Å²) in [4.78, 5) is 25.7. The summed E-state index contributed by atoms with van der Waals surface area (Å²) in [6, 6.07) is -0.420. The van der Waals surface area contributed by atoms with Gasteiger partial charge in [-0.3, -0.25) is 9.59 Å². The monoisotopic (exact) mass is 238 g/mol. The summed E-state index contributed by atoms with van der Waals surface area (Å²) in [6.45, 7) is 5.53. The highest BCUT2D eigenvalue weighted by molar-refractivity contribution is 5.76. The molecule has 6 heteroatoms. The molecule has 1 rings (SSSR count). The maximum Gasteiger partial charge on any atom is 0.275 e. The largest absolute Gasteiger partial charge is 0.348 e. The quantitative estimate of drug-likeness (QED) is 0.790. The number of rotatable bonds is 5. The Labute approximate surface area is 99.9 Å². The molecule has 0 aliphatic rings. The summed E-state index contributed by atoms with van der Waals surface area (Å²) in [7, 11) is 0. The highest BCUT2D eigenvalue weighted by Gasteiger charge is 2.14. The molecule has 0 aliphatic heterocycles. The number of aromatic amines is 1. The number of carbonyl (C=O) groups excluding carboxylic acids is 1. The normalized spacial score (nSPS) is 12.2. The second kappa shape index (κ2) is 6.12. The van der Waals surface area contributed by atoms with E-state index in [9.17, 15) is 9.59 Å². The van der Waals surface area contributed by atoms with Gasteiger partial charge in [0, 0.05) is 12.8 Å². The minimum Gasteiger partial charge on any atom is -0.348 e. The van der Waals surface area contributed by atoms with Crippen molar-refractivity contribution in [1.82, 2.24) is 20.5 Å². The van der Waals surface area contributed by atoms with Crippen LogP contribution in [0.1, 0.15) is 51.2 Å². The van der Waals surface area contributed by atoms with Gasteiger partial charge < -0.3 is 10.3 Å². The van der Waals surface area contributed by atoms with Gasteiger partial charge in [-0.1, -0.05) is 13.8 Å². The summed E-state index contributed by atoms with van der Waals surface area (Å²) < 4.78 is 0. The Hall–Kier alpha value is -1.72. The van der Waals surface area contributed by atoms with Gasteiger partial charge in [-0.2, -0.15) is 0 Å². The van der Waals surface area contributed by atoms with E-state index in [1.165, 1.54) is 0 Å². The lowest BCUT2D eigenvalue weighted by molar-refractivity contribution is -0.121.